The molecule has 186 valence electrons. The Morgan fingerprint density at radius 3 is 2.56 bits per heavy atom. The molecule has 36 heavy (non-hydrogen) atoms. The van der Waals surface area contributed by atoms with E-state index in [0.29, 0.717) is 11.5 Å². The Morgan fingerprint density at radius 1 is 1.11 bits per heavy atom. The monoisotopic (exact) mass is 481 g/mol. The summed E-state index contributed by atoms with van der Waals surface area (Å²) in [5, 5.41) is 9.05. The lowest BCUT2D eigenvalue weighted by Gasteiger charge is -2.32. The van der Waals surface area contributed by atoms with Gasteiger partial charge in [-0.25, -0.2) is 4.98 Å². The molecular formula is C30H35N5O. The van der Waals surface area contributed by atoms with Crippen LogP contribution >= 0.6 is 0 Å². The number of imidazole rings is 1. The van der Waals surface area contributed by atoms with Crippen molar-refractivity contribution >= 4 is 5.91 Å². The van der Waals surface area contributed by atoms with Crippen LogP contribution in [0.5, 0.6) is 0 Å². The van der Waals surface area contributed by atoms with Crippen molar-refractivity contribution in [2.75, 3.05) is 26.2 Å². The van der Waals surface area contributed by atoms with Crippen molar-refractivity contribution in [1.29, 1.82) is 5.26 Å². The lowest BCUT2D eigenvalue weighted by Crippen LogP contribution is -2.38. The van der Waals surface area contributed by atoms with E-state index >= 15 is 0 Å². The van der Waals surface area contributed by atoms with Gasteiger partial charge in [-0.2, -0.15) is 5.26 Å². The first-order valence-corrected chi connectivity index (χ1v) is 13.2. The third-order valence-electron chi connectivity index (χ3n) is 7.80. The number of aromatic amines is 1. The van der Waals surface area contributed by atoms with Gasteiger partial charge in [0.2, 0.25) is 0 Å². The van der Waals surface area contributed by atoms with E-state index in [1.807, 2.05) is 30.0 Å². The Kier molecular flexibility index (Phi) is 6.93. The third kappa shape index (κ3) is 4.81. The van der Waals surface area contributed by atoms with Gasteiger partial charge >= 0.3 is 0 Å². The molecule has 0 unspecified atom stereocenters. The lowest BCUT2D eigenvalue weighted by molar-refractivity contribution is 0.0712. The first-order valence-electron chi connectivity index (χ1n) is 13.2. The minimum absolute atomic E-state index is 0.109. The van der Waals surface area contributed by atoms with E-state index in [4.69, 9.17) is 10.2 Å². The van der Waals surface area contributed by atoms with Gasteiger partial charge in [0.25, 0.3) is 5.91 Å². The highest BCUT2D eigenvalue weighted by Gasteiger charge is 2.27. The first-order chi connectivity index (χ1) is 17.5. The standard InChI is InChI=1S/C30H35N5O/c1-4-12-34-13-11-27-28(19-34)33-29(32-27)25-17-26(21(3)16-20(25)2)30(36)35-14-9-24(10-15-35)23-7-5-22(18-31)6-8-23/h5-8,16-17,24H,4,9-15,19H2,1-3H3,(H,32,33). The molecule has 5 rings (SSSR count). The number of benzene rings is 2. The Morgan fingerprint density at radius 2 is 1.86 bits per heavy atom. The largest absolute Gasteiger partial charge is 0.341 e. The number of carbonyl (C=O) groups is 1. The van der Waals surface area contributed by atoms with Gasteiger partial charge in [-0.05, 0) is 80.5 Å². The Labute approximate surface area is 214 Å². The van der Waals surface area contributed by atoms with Gasteiger partial charge in [0, 0.05) is 43.7 Å². The van der Waals surface area contributed by atoms with E-state index in [-0.39, 0.29) is 5.91 Å². The maximum atomic E-state index is 13.6. The van der Waals surface area contributed by atoms with E-state index in [2.05, 4.69) is 48.0 Å². The predicted octanol–water partition coefficient (Wildman–Crippen LogP) is 5.35. The minimum atomic E-state index is 0.109. The molecule has 6 heteroatoms. The van der Waals surface area contributed by atoms with E-state index < -0.39 is 0 Å². The third-order valence-corrected chi connectivity index (χ3v) is 7.80. The zero-order valence-electron chi connectivity index (χ0n) is 21.6. The number of piperidine rings is 1. The summed E-state index contributed by atoms with van der Waals surface area (Å²) in [6.45, 7) is 10.9. The number of aryl methyl sites for hydroxylation is 2. The summed E-state index contributed by atoms with van der Waals surface area (Å²) in [6, 6.07) is 14.2. The zero-order chi connectivity index (χ0) is 25.2. The number of nitrogens with one attached hydrogen (secondary N) is 1. The number of fused-ring (bicyclic) bond motifs is 1. The van der Waals surface area contributed by atoms with Crippen LogP contribution in [0.2, 0.25) is 0 Å². The number of hydrogen-bond acceptors (Lipinski definition) is 4. The van der Waals surface area contributed by atoms with Crippen molar-refractivity contribution in [3.63, 3.8) is 0 Å². The molecule has 0 bridgehead atoms. The highest BCUT2D eigenvalue weighted by Crippen LogP contribution is 2.31. The molecule has 0 atom stereocenters. The van der Waals surface area contributed by atoms with Crippen LogP contribution in [0.1, 0.15) is 76.1 Å². The van der Waals surface area contributed by atoms with Crippen LogP contribution in [-0.4, -0.2) is 51.9 Å². The number of nitriles is 1. The molecule has 0 aliphatic carbocycles. The SMILES string of the molecule is CCCN1CCc2nc(-c3cc(C(=O)N4CCC(c5ccc(C#N)cc5)CC4)c(C)cc3C)[nH]c2C1. The molecular weight excluding hydrogens is 446 g/mol. The van der Waals surface area contributed by atoms with Gasteiger partial charge in [-0.15, -0.1) is 0 Å². The van der Waals surface area contributed by atoms with Crippen molar-refractivity contribution < 1.29 is 4.79 Å². The molecule has 2 aromatic carbocycles. The fraction of sp³-hybridized carbons (Fsp3) is 0.433. The van der Waals surface area contributed by atoms with Crippen LogP contribution in [0.15, 0.2) is 36.4 Å². The smallest absolute Gasteiger partial charge is 0.254 e. The summed E-state index contributed by atoms with van der Waals surface area (Å²) in [6.07, 6.45) is 4.00. The molecule has 1 saturated heterocycles. The van der Waals surface area contributed by atoms with E-state index in [1.54, 1.807) is 0 Å². The molecule has 1 amide bonds. The van der Waals surface area contributed by atoms with E-state index in [0.717, 1.165) is 92.2 Å². The summed E-state index contributed by atoms with van der Waals surface area (Å²) in [7, 11) is 0. The molecule has 0 radical (unpaired) electrons. The average molecular weight is 482 g/mol. The van der Waals surface area contributed by atoms with Crippen LogP contribution in [0, 0.1) is 25.2 Å². The van der Waals surface area contributed by atoms with Crippen molar-refractivity contribution in [2.45, 2.75) is 58.9 Å². The summed E-state index contributed by atoms with van der Waals surface area (Å²) in [5.74, 6) is 1.42. The molecule has 1 aromatic heterocycles. The lowest BCUT2D eigenvalue weighted by atomic mass is 9.88. The predicted molar refractivity (Wildman–Crippen MR) is 142 cm³/mol. The van der Waals surface area contributed by atoms with Gasteiger partial charge in [0.05, 0.1) is 23.0 Å². The van der Waals surface area contributed by atoms with Gasteiger partial charge < -0.3 is 9.88 Å². The minimum Gasteiger partial charge on any atom is -0.341 e. The second-order valence-corrected chi connectivity index (χ2v) is 10.3. The van der Waals surface area contributed by atoms with Gasteiger partial charge in [-0.3, -0.25) is 9.69 Å². The Balaban J connectivity index is 1.32. The van der Waals surface area contributed by atoms with Crippen molar-refractivity contribution in [3.05, 3.63) is 75.6 Å². The second kappa shape index (κ2) is 10.3. The van der Waals surface area contributed by atoms with E-state index in [1.165, 1.54) is 11.3 Å². The first kappa shape index (κ1) is 24.3. The zero-order valence-corrected chi connectivity index (χ0v) is 21.6. The quantitative estimate of drug-likeness (QED) is 0.533. The normalized spacial score (nSPS) is 16.6. The number of hydrogen-bond donors (Lipinski definition) is 1. The average Bonchev–Trinajstić information content (AvgIpc) is 3.32. The number of carbonyl (C=O) groups excluding carboxylic acids is 1. The molecule has 2 aliphatic rings. The number of H-pyrrole nitrogens is 1. The highest BCUT2D eigenvalue weighted by molar-refractivity contribution is 5.97. The molecule has 1 fully saturated rings. The Bertz CT molecular complexity index is 1290. The Hall–Kier alpha value is -3.43. The number of aromatic nitrogens is 2. The molecule has 1 N–H and O–H groups in total. The van der Waals surface area contributed by atoms with E-state index in [9.17, 15) is 4.79 Å². The number of nitrogens with zero attached hydrogens (tertiary/aromatic N) is 4. The number of amides is 1. The maximum Gasteiger partial charge on any atom is 0.254 e. The molecule has 0 saturated carbocycles. The van der Waals surface area contributed by atoms with Crippen LogP contribution < -0.4 is 0 Å². The molecule has 2 aliphatic heterocycles. The van der Waals surface area contributed by atoms with Crippen LogP contribution in [0.4, 0.5) is 0 Å². The van der Waals surface area contributed by atoms with Crippen molar-refractivity contribution in [1.82, 2.24) is 19.8 Å². The number of likely N-dealkylation sites (tertiary alicyclic amines) is 1. The van der Waals surface area contributed by atoms with Gasteiger partial charge in [-0.1, -0.05) is 25.1 Å². The highest BCUT2D eigenvalue weighted by atomic mass is 16.2. The second-order valence-electron chi connectivity index (χ2n) is 10.3. The van der Waals surface area contributed by atoms with Crippen molar-refractivity contribution in [2.24, 2.45) is 0 Å². The molecule has 6 nitrogen and oxygen atoms in total. The fourth-order valence-corrected chi connectivity index (χ4v) is 5.74. The van der Waals surface area contributed by atoms with Crippen LogP contribution in [0.3, 0.4) is 0 Å². The summed E-state index contributed by atoms with van der Waals surface area (Å²) in [5.41, 5.74) is 8.27. The summed E-state index contributed by atoms with van der Waals surface area (Å²) < 4.78 is 0. The summed E-state index contributed by atoms with van der Waals surface area (Å²) >= 11 is 0. The van der Waals surface area contributed by atoms with Gasteiger partial charge in [0.15, 0.2) is 0 Å². The van der Waals surface area contributed by atoms with Crippen LogP contribution in [-0.2, 0) is 13.0 Å². The molecule has 3 aromatic rings. The topological polar surface area (TPSA) is 76.0 Å². The number of rotatable bonds is 5. The molecule has 3 heterocycles. The molecule has 0 spiro atoms. The fourth-order valence-electron chi connectivity index (χ4n) is 5.74. The maximum absolute atomic E-state index is 13.6. The summed E-state index contributed by atoms with van der Waals surface area (Å²) in [4.78, 5) is 26.6. The van der Waals surface area contributed by atoms with Gasteiger partial charge in [0.1, 0.15) is 5.82 Å². The van der Waals surface area contributed by atoms with Crippen molar-refractivity contribution in [3.8, 4) is 17.5 Å². The van der Waals surface area contributed by atoms with Crippen LogP contribution in [0.25, 0.3) is 11.4 Å².